The molecular formula is C31H61. The molecule has 0 bridgehead atoms. The Labute approximate surface area is 200 Å². The average Bonchev–Trinajstić information content (AvgIpc) is 2.78. The lowest BCUT2D eigenvalue weighted by Gasteiger charge is -2.04. The Kier molecular flexibility index (Phi) is 30.0. The second-order valence-corrected chi connectivity index (χ2v) is 10.3. The van der Waals surface area contributed by atoms with Gasteiger partial charge >= 0.3 is 0 Å². The first kappa shape index (κ1) is 31.0. The molecule has 0 nitrogen and oxygen atoms in total. The number of unbranched alkanes of at least 4 members (excludes halogenated alkanes) is 28. The lowest BCUT2D eigenvalue weighted by molar-refractivity contribution is 0.514. The van der Waals surface area contributed by atoms with E-state index in [1.807, 2.05) is 0 Å². The highest BCUT2D eigenvalue weighted by Gasteiger charge is 1.96. The Bertz CT molecular complexity index is 254. The van der Waals surface area contributed by atoms with E-state index in [0.717, 1.165) is 6.42 Å². The van der Waals surface area contributed by atoms with Crippen molar-refractivity contribution in [3.05, 3.63) is 6.92 Å². The quantitative estimate of drug-likeness (QED) is 0.108. The molecule has 0 N–H and O–H groups in total. The Hall–Kier alpha value is 0. The molecule has 185 valence electrons. The number of rotatable bonds is 28. The van der Waals surface area contributed by atoms with E-state index < -0.39 is 0 Å². The van der Waals surface area contributed by atoms with E-state index >= 15 is 0 Å². The molecule has 0 saturated carbocycles. The fourth-order valence-corrected chi connectivity index (χ4v) is 4.79. The molecule has 0 amide bonds. The van der Waals surface area contributed by atoms with Crippen molar-refractivity contribution in [2.75, 3.05) is 0 Å². The summed E-state index contributed by atoms with van der Waals surface area (Å²) in [5.41, 5.74) is 0. The summed E-state index contributed by atoms with van der Waals surface area (Å²) < 4.78 is 0. The highest BCUT2D eigenvalue weighted by Crippen LogP contribution is 2.16. The predicted molar refractivity (Wildman–Crippen MR) is 143 cm³/mol. The van der Waals surface area contributed by atoms with Crippen LogP contribution in [0.15, 0.2) is 0 Å². The van der Waals surface area contributed by atoms with Crippen LogP contribution in [0.2, 0.25) is 0 Å². The van der Waals surface area contributed by atoms with Crippen molar-refractivity contribution in [1.82, 2.24) is 0 Å². The van der Waals surface area contributed by atoms with Gasteiger partial charge in [0.25, 0.3) is 0 Å². The summed E-state index contributed by atoms with van der Waals surface area (Å²) in [5, 5.41) is 0. The first-order chi connectivity index (χ1) is 15.4. The largest absolute Gasteiger partial charge is 0.0654 e. The van der Waals surface area contributed by atoms with E-state index in [2.05, 4.69) is 6.92 Å². The van der Waals surface area contributed by atoms with Gasteiger partial charge < -0.3 is 0 Å². The number of hydrogen-bond acceptors (Lipinski definition) is 0. The molecule has 0 aromatic rings. The van der Waals surface area contributed by atoms with Crippen molar-refractivity contribution in [2.45, 2.75) is 193 Å². The predicted octanol–water partition coefficient (Wildman–Crippen LogP) is 11.9. The SMILES string of the molecule is [C]CCCCCCCCCCCCCCCCCCCCCCCCCCCCCC. The molecule has 0 heterocycles. The maximum Gasteiger partial charge on any atom is -0.00936 e. The van der Waals surface area contributed by atoms with Crippen LogP contribution in [0.3, 0.4) is 0 Å². The van der Waals surface area contributed by atoms with E-state index in [0.29, 0.717) is 6.42 Å². The van der Waals surface area contributed by atoms with Gasteiger partial charge in [0.1, 0.15) is 0 Å². The fourth-order valence-electron chi connectivity index (χ4n) is 4.79. The Morgan fingerprint density at radius 2 is 0.419 bits per heavy atom. The molecule has 0 atom stereocenters. The van der Waals surface area contributed by atoms with Crippen molar-refractivity contribution in [3.8, 4) is 0 Å². The van der Waals surface area contributed by atoms with E-state index in [-0.39, 0.29) is 0 Å². The lowest BCUT2D eigenvalue weighted by Crippen LogP contribution is -1.85. The summed E-state index contributed by atoms with van der Waals surface area (Å²) in [4.78, 5) is 0. The van der Waals surface area contributed by atoms with Gasteiger partial charge in [-0.25, -0.2) is 0 Å². The van der Waals surface area contributed by atoms with Crippen molar-refractivity contribution >= 4 is 0 Å². The van der Waals surface area contributed by atoms with Crippen LogP contribution in [0.5, 0.6) is 0 Å². The van der Waals surface area contributed by atoms with E-state index in [1.54, 1.807) is 0 Å². The molecular weight excluding hydrogens is 372 g/mol. The Morgan fingerprint density at radius 3 is 0.581 bits per heavy atom. The molecule has 0 fully saturated rings. The molecule has 0 aliphatic heterocycles. The van der Waals surface area contributed by atoms with Gasteiger partial charge in [-0.3, -0.25) is 0 Å². The maximum atomic E-state index is 7.15. The van der Waals surface area contributed by atoms with Gasteiger partial charge in [0.15, 0.2) is 0 Å². The normalized spacial score (nSPS) is 11.4. The van der Waals surface area contributed by atoms with Crippen molar-refractivity contribution in [2.24, 2.45) is 0 Å². The van der Waals surface area contributed by atoms with Crippen LogP contribution >= 0.6 is 0 Å². The minimum Gasteiger partial charge on any atom is -0.0654 e. The lowest BCUT2D eigenvalue weighted by atomic mass is 10.0. The fraction of sp³-hybridized carbons (Fsp3) is 0.968. The molecule has 0 heteroatoms. The van der Waals surface area contributed by atoms with Crippen LogP contribution in [-0.4, -0.2) is 0 Å². The van der Waals surface area contributed by atoms with Crippen LogP contribution in [0.25, 0.3) is 0 Å². The van der Waals surface area contributed by atoms with Crippen LogP contribution in [0.1, 0.15) is 193 Å². The molecule has 0 rings (SSSR count). The third-order valence-corrected chi connectivity index (χ3v) is 7.03. The monoisotopic (exact) mass is 433 g/mol. The third kappa shape index (κ3) is 30.0. The minimum absolute atomic E-state index is 0.624. The summed E-state index contributed by atoms with van der Waals surface area (Å²) in [5.74, 6) is 0. The Morgan fingerprint density at radius 1 is 0.258 bits per heavy atom. The van der Waals surface area contributed by atoms with Crippen molar-refractivity contribution < 1.29 is 0 Å². The molecule has 3 radical (unpaired) electrons. The first-order valence-electron chi connectivity index (χ1n) is 15.1. The van der Waals surface area contributed by atoms with Gasteiger partial charge in [-0.15, -0.1) is 0 Å². The molecule has 0 aliphatic rings. The van der Waals surface area contributed by atoms with Crippen LogP contribution in [0, 0.1) is 6.92 Å². The van der Waals surface area contributed by atoms with Crippen molar-refractivity contribution in [3.63, 3.8) is 0 Å². The second-order valence-electron chi connectivity index (χ2n) is 10.3. The average molecular weight is 434 g/mol. The highest BCUT2D eigenvalue weighted by molar-refractivity contribution is 4.52. The van der Waals surface area contributed by atoms with E-state index in [4.69, 9.17) is 6.92 Å². The van der Waals surface area contributed by atoms with Gasteiger partial charge in [-0.1, -0.05) is 187 Å². The zero-order valence-electron chi connectivity index (χ0n) is 22.0. The van der Waals surface area contributed by atoms with Gasteiger partial charge in [-0.2, -0.15) is 0 Å². The summed E-state index contributed by atoms with van der Waals surface area (Å²) in [7, 11) is 0. The summed E-state index contributed by atoms with van der Waals surface area (Å²) in [6, 6.07) is 0. The molecule has 0 spiro atoms. The van der Waals surface area contributed by atoms with Gasteiger partial charge in [0.05, 0.1) is 0 Å². The molecule has 0 aromatic heterocycles. The number of hydrogen-bond donors (Lipinski definition) is 0. The minimum atomic E-state index is 0.624. The zero-order chi connectivity index (χ0) is 22.5. The van der Waals surface area contributed by atoms with Crippen molar-refractivity contribution in [1.29, 1.82) is 0 Å². The smallest absolute Gasteiger partial charge is 0.00936 e. The first-order valence-corrected chi connectivity index (χ1v) is 15.1. The van der Waals surface area contributed by atoms with E-state index in [9.17, 15) is 0 Å². The van der Waals surface area contributed by atoms with E-state index in [1.165, 1.54) is 173 Å². The molecule has 0 aromatic carbocycles. The van der Waals surface area contributed by atoms with Crippen LogP contribution < -0.4 is 0 Å². The third-order valence-electron chi connectivity index (χ3n) is 7.03. The molecule has 0 unspecified atom stereocenters. The summed E-state index contributed by atoms with van der Waals surface area (Å²) >= 11 is 0. The zero-order valence-corrected chi connectivity index (χ0v) is 22.0. The highest BCUT2D eigenvalue weighted by atomic mass is 14.0. The van der Waals surface area contributed by atoms with Gasteiger partial charge in [-0.05, 0) is 13.3 Å². The van der Waals surface area contributed by atoms with Gasteiger partial charge in [0, 0.05) is 0 Å². The summed E-state index contributed by atoms with van der Waals surface area (Å²) in [6.45, 7) is 9.45. The van der Waals surface area contributed by atoms with Gasteiger partial charge in [0.2, 0.25) is 0 Å². The molecule has 31 heavy (non-hydrogen) atoms. The molecule has 0 aliphatic carbocycles. The second kappa shape index (κ2) is 30.0. The van der Waals surface area contributed by atoms with Crippen LogP contribution in [0.4, 0.5) is 0 Å². The summed E-state index contributed by atoms with van der Waals surface area (Å²) in [6.07, 6.45) is 41.1. The molecule has 0 saturated heterocycles. The van der Waals surface area contributed by atoms with Crippen LogP contribution in [-0.2, 0) is 0 Å². The topological polar surface area (TPSA) is 0 Å². The Balaban J connectivity index is 2.98. The maximum absolute atomic E-state index is 7.15. The standard InChI is InChI=1S/C31H61/c1-3-5-7-9-11-13-15-17-19-21-23-25-27-29-31-30-28-26-24-22-20-18-16-14-12-10-8-6-4-2/h3-31H2,1H3.